The molecule has 0 heterocycles. The summed E-state index contributed by atoms with van der Waals surface area (Å²) in [5, 5.41) is 8.89. The normalized spacial score (nSPS) is 13.8. The number of hydrogen-bond donors (Lipinski definition) is 1. The smallest absolute Gasteiger partial charge is 0.331 e. The molecule has 0 fully saturated rings. The SMILES string of the molecule is CC(=CC(Cc1ccccc1)N(C)C)C(=O)O. The zero-order valence-electron chi connectivity index (χ0n) is 10.6. The monoisotopic (exact) mass is 233 g/mol. The number of carboxylic acid groups (broad SMARTS) is 1. The number of likely N-dealkylation sites (N-methyl/N-ethyl adjacent to an activating group) is 1. The summed E-state index contributed by atoms with van der Waals surface area (Å²) in [7, 11) is 3.92. The Bertz CT molecular complexity index is 396. The van der Waals surface area contributed by atoms with Crippen molar-refractivity contribution in [2.75, 3.05) is 14.1 Å². The lowest BCUT2D eigenvalue weighted by atomic mass is 10.0. The third-order valence-electron chi connectivity index (χ3n) is 2.73. The van der Waals surface area contributed by atoms with Gasteiger partial charge in [-0.2, -0.15) is 0 Å². The Labute approximate surface area is 102 Å². The highest BCUT2D eigenvalue weighted by molar-refractivity contribution is 5.85. The van der Waals surface area contributed by atoms with E-state index in [0.717, 1.165) is 6.42 Å². The van der Waals surface area contributed by atoms with Crippen molar-refractivity contribution in [3.8, 4) is 0 Å². The molecule has 3 nitrogen and oxygen atoms in total. The first-order valence-electron chi connectivity index (χ1n) is 5.62. The second kappa shape index (κ2) is 6.21. The Hall–Kier alpha value is -1.61. The molecule has 1 aromatic rings. The number of aliphatic carboxylic acids is 1. The van der Waals surface area contributed by atoms with Gasteiger partial charge in [-0.05, 0) is 33.0 Å². The minimum Gasteiger partial charge on any atom is -0.478 e. The van der Waals surface area contributed by atoms with E-state index in [1.165, 1.54) is 5.56 Å². The molecular formula is C14H19NO2. The Morgan fingerprint density at radius 1 is 1.35 bits per heavy atom. The third-order valence-corrected chi connectivity index (χ3v) is 2.73. The van der Waals surface area contributed by atoms with Crippen LogP contribution in [0.5, 0.6) is 0 Å². The van der Waals surface area contributed by atoms with Gasteiger partial charge in [0.2, 0.25) is 0 Å². The van der Waals surface area contributed by atoms with Crippen molar-refractivity contribution in [3.63, 3.8) is 0 Å². The average molecular weight is 233 g/mol. The van der Waals surface area contributed by atoms with Crippen molar-refractivity contribution >= 4 is 5.97 Å². The maximum atomic E-state index is 10.8. The molecule has 1 rings (SSSR count). The van der Waals surface area contributed by atoms with Crippen molar-refractivity contribution in [1.29, 1.82) is 0 Å². The fourth-order valence-electron chi connectivity index (χ4n) is 1.61. The molecule has 1 aromatic carbocycles. The molecule has 0 saturated carbocycles. The van der Waals surface area contributed by atoms with E-state index in [1.807, 2.05) is 37.2 Å². The molecular weight excluding hydrogens is 214 g/mol. The highest BCUT2D eigenvalue weighted by Crippen LogP contribution is 2.10. The molecule has 1 atom stereocenters. The van der Waals surface area contributed by atoms with Crippen molar-refractivity contribution < 1.29 is 9.90 Å². The minimum atomic E-state index is -0.857. The highest BCUT2D eigenvalue weighted by atomic mass is 16.4. The zero-order valence-corrected chi connectivity index (χ0v) is 10.6. The van der Waals surface area contributed by atoms with Crippen molar-refractivity contribution in [2.24, 2.45) is 0 Å². The molecule has 0 aromatic heterocycles. The molecule has 0 amide bonds. The molecule has 0 aliphatic carbocycles. The largest absolute Gasteiger partial charge is 0.478 e. The van der Waals surface area contributed by atoms with Gasteiger partial charge in [0.05, 0.1) is 0 Å². The van der Waals surface area contributed by atoms with Gasteiger partial charge in [-0.3, -0.25) is 0 Å². The predicted octanol–water partition coefficient (Wildman–Crippen LogP) is 2.19. The van der Waals surface area contributed by atoms with Crippen LogP contribution in [0.4, 0.5) is 0 Å². The Kier molecular flexibility index (Phi) is 4.91. The van der Waals surface area contributed by atoms with E-state index in [0.29, 0.717) is 5.57 Å². The van der Waals surface area contributed by atoms with E-state index >= 15 is 0 Å². The molecule has 0 bridgehead atoms. The Morgan fingerprint density at radius 2 is 1.94 bits per heavy atom. The lowest BCUT2D eigenvalue weighted by Crippen LogP contribution is -2.28. The van der Waals surface area contributed by atoms with E-state index in [2.05, 4.69) is 12.1 Å². The van der Waals surface area contributed by atoms with Crippen LogP contribution >= 0.6 is 0 Å². The Balaban J connectivity index is 2.81. The van der Waals surface area contributed by atoms with Crippen LogP contribution in [0.2, 0.25) is 0 Å². The molecule has 0 saturated heterocycles. The lowest BCUT2D eigenvalue weighted by molar-refractivity contribution is -0.132. The topological polar surface area (TPSA) is 40.5 Å². The molecule has 17 heavy (non-hydrogen) atoms. The van der Waals surface area contributed by atoms with Gasteiger partial charge in [0.15, 0.2) is 0 Å². The Morgan fingerprint density at radius 3 is 2.41 bits per heavy atom. The van der Waals surface area contributed by atoms with Gasteiger partial charge >= 0.3 is 5.97 Å². The third kappa shape index (κ3) is 4.41. The first kappa shape index (κ1) is 13.5. The molecule has 0 spiro atoms. The van der Waals surface area contributed by atoms with E-state index in [1.54, 1.807) is 13.0 Å². The van der Waals surface area contributed by atoms with Crippen molar-refractivity contribution in [3.05, 3.63) is 47.5 Å². The van der Waals surface area contributed by atoms with Crippen molar-refractivity contribution in [2.45, 2.75) is 19.4 Å². The molecule has 0 aliphatic rings. The number of hydrogen-bond acceptors (Lipinski definition) is 2. The number of benzene rings is 1. The van der Waals surface area contributed by atoms with Crippen LogP contribution in [0.3, 0.4) is 0 Å². The van der Waals surface area contributed by atoms with Crippen LogP contribution in [0.1, 0.15) is 12.5 Å². The second-order valence-corrected chi connectivity index (χ2v) is 4.38. The molecule has 1 unspecified atom stereocenters. The maximum absolute atomic E-state index is 10.8. The van der Waals surface area contributed by atoms with Gasteiger partial charge in [-0.15, -0.1) is 0 Å². The number of carbonyl (C=O) groups is 1. The second-order valence-electron chi connectivity index (χ2n) is 4.38. The quantitative estimate of drug-likeness (QED) is 0.792. The first-order chi connectivity index (χ1) is 8.00. The summed E-state index contributed by atoms with van der Waals surface area (Å²) in [6.07, 6.45) is 2.62. The molecule has 1 N–H and O–H groups in total. The highest BCUT2D eigenvalue weighted by Gasteiger charge is 2.11. The van der Waals surface area contributed by atoms with Gasteiger partial charge in [-0.25, -0.2) is 4.79 Å². The van der Waals surface area contributed by atoms with E-state index in [9.17, 15) is 4.79 Å². The number of rotatable bonds is 5. The van der Waals surface area contributed by atoms with Gasteiger partial charge in [0.25, 0.3) is 0 Å². The maximum Gasteiger partial charge on any atom is 0.331 e. The first-order valence-corrected chi connectivity index (χ1v) is 5.62. The van der Waals surface area contributed by atoms with Crippen LogP contribution in [0.15, 0.2) is 42.0 Å². The van der Waals surface area contributed by atoms with Crippen LogP contribution in [0, 0.1) is 0 Å². The van der Waals surface area contributed by atoms with E-state index < -0.39 is 5.97 Å². The molecule has 3 heteroatoms. The van der Waals surface area contributed by atoms with Gasteiger partial charge in [-0.1, -0.05) is 36.4 Å². The predicted molar refractivity (Wildman–Crippen MR) is 69.0 cm³/mol. The summed E-state index contributed by atoms with van der Waals surface area (Å²) >= 11 is 0. The van der Waals surface area contributed by atoms with Crippen LogP contribution in [-0.4, -0.2) is 36.1 Å². The summed E-state index contributed by atoms with van der Waals surface area (Å²) in [5.41, 5.74) is 1.60. The standard InChI is InChI=1S/C14H19NO2/c1-11(14(16)17)9-13(15(2)3)10-12-7-5-4-6-8-12/h4-9,13H,10H2,1-3H3,(H,16,17). The fourth-order valence-corrected chi connectivity index (χ4v) is 1.61. The zero-order chi connectivity index (χ0) is 12.8. The van der Waals surface area contributed by atoms with Gasteiger partial charge in [0.1, 0.15) is 0 Å². The molecule has 0 radical (unpaired) electrons. The average Bonchev–Trinajstić information content (AvgIpc) is 2.29. The van der Waals surface area contributed by atoms with Crippen LogP contribution in [0.25, 0.3) is 0 Å². The van der Waals surface area contributed by atoms with Gasteiger partial charge in [0, 0.05) is 11.6 Å². The minimum absolute atomic E-state index is 0.105. The van der Waals surface area contributed by atoms with E-state index in [4.69, 9.17) is 5.11 Å². The number of nitrogens with zero attached hydrogens (tertiary/aromatic N) is 1. The fraction of sp³-hybridized carbons (Fsp3) is 0.357. The molecule has 92 valence electrons. The molecule has 0 aliphatic heterocycles. The lowest BCUT2D eigenvalue weighted by Gasteiger charge is -2.21. The van der Waals surface area contributed by atoms with Crippen molar-refractivity contribution in [1.82, 2.24) is 4.90 Å². The number of carboxylic acids is 1. The summed E-state index contributed by atoms with van der Waals surface area (Å²) in [4.78, 5) is 12.9. The van der Waals surface area contributed by atoms with Crippen LogP contribution < -0.4 is 0 Å². The van der Waals surface area contributed by atoms with E-state index in [-0.39, 0.29) is 6.04 Å². The summed E-state index contributed by atoms with van der Waals surface area (Å²) < 4.78 is 0. The van der Waals surface area contributed by atoms with Crippen LogP contribution in [-0.2, 0) is 11.2 Å². The summed E-state index contributed by atoms with van der Waals surface area (Å²) in [5.74, 6) is -0.857. The van der Waals surface area contributed by atoms with Gasteiger partial charge < -0.3 is 10.0 Å². The summed E-state index contributed by atoms with van der Waals surface area (Å²) in [6, 6.07) is 10.2. The summed E-state index contributed by atoms with van der Waals surface area (Å²) in [6.45, 7) is 1.63.